The van der Waals surface area contributed by atoms with Gasteiger partial charge in [-0.15, -0.1) is 0 Å². The topological polar surface area (TPSA) is 55.6 Å². The summed E-state index contributed by atoms with van der Waals surface area (Å²) in [4.78, 5) is 14.8. The van der Waals surface area contributed by atoms with Crippen LogP contribution in [0.15, 0.2) is 24.3 Å². The van der Waals surface area contributed by atoms with E-state index in [0.717, 1.165) is 17.5 Å². The van der Waals surface area contributed by atoms with Crippen molar-refractivity contribution in [2.75, 3.05) is 26.8 Å². The molecule has 4 heteroatoms. The molecule has 116 valence electrons. The highest BCUT2D eigenvalue weighted by molar-refractivity contribution is 5.94. The highest BCUT2D eigenvalue weighted by atomic mass is 16.5. The lowest BCUT2D eigenvalue weighted by Gasteiger charge is -2.29. The van der Waals surface area contributed by atoms with Crippen LogP contribution in [0.4, 0.5) is 0 Å². The van der Waals surface area contributed by atoms with Crippen LogP contribution in [-0.2, 0) is 11.2 Å². The van der Waals surface area contributed by atoms with Crippen LogP contribution in [0.3, 0.4) is 0 Å². The lowest BCUT2D eigenvalue weighted by molar-refractivity contribution is 0.0594. The molecular formula is C17H26N2O2. The molecule has 1 fully saturated rings. The van der Waals surface area contributed by atoms with Gasteiger partial charge in [0.05, 0.1) is 6.61 Å². The molecule has 1 atom stereocenters. The Morgan fingerprint density at radius 2 is 2.24 bits per heavy atom. The number of nitrogens with two attached hydrogens (primary N) is 1. The van der Waals surface area contributed by atoms with E-state index >= 15 is 0 Å². The number of methoxy groups -OCH3 is 1. The molecule has 0 radical (unpaired) electrons. The zero-order chi connectivity index (χ0) is 15.2. The Balaban J connectivity index is 2.13. The summed E-state index contributed by atoms with van der Waals surface area (Å²) < 4.78 is 5.16. The number of hydrogen-bond donors (Lipinski definition) is 1. The minimum Gasteiger partial charge on any atom is -0.383 e. The van der Waals surface area contributed by atoms with Crippen molar-refractivity contribution in [1.82, 2.24) is 4.90 Å². The highest BCUT2D eigenvalue weighted by Gasteiger charge is 2.34. The summed E-state index contributed by atoms with van der Waals surface area (Å²) in [7, 11) is 1.67. The summed E-state index contributed by atoms with van der Waals surface area (Å²) in [5.41, 5.74) is 7.47. The number of carbonyl (C=O) groups is 1. The zero-order valence-electron chi connectivity index (χ0n) is 13.0. The Bertz CT molecular complexity index is 472. The normalized spacial score (nSPS) is 15.8. The average molecular weight is 290 g/mol. The number of carbonyl (C=O) groups excluding carboxylic acids is 1. The largest absolute Gasteiger partial charge is 0.383 e. The van der Waals surface area contributed by atoms with Gasteiger partial charge in [0.2, 0.25) is 0 Å². The van der Waals surface area contributed by atoms with E-state index in [2.05, 4.69) is 6.92 Å². The van der Waals surface area contributed by atoms with Gasteiger partial charge in [0.1, 0.15) is 0 Å². The molecule has 1 aliphatic carbocycles. The van der Waals surface area contributed by atoms with Crippen LogP contribution in [0.2, 0.25) is 0 Å². The lowest BCUT2D eigenvalue weighted by Crippen LogP contribution is -2.42. The molecule has 4 nitrogen and oxygen atoms in total. The standard InChI is InChI=1S/C17H26N2O2/c1-13(15-6-7-15)19(10-11-21-2)17(20)16-5-3-4-14(12-16)8-9-18/h3-5,12-13,15H,6-11,18H2,1-2H3. The molecule has 0 saturated heterocycles. The van der Waals surface area contributed by atoms with Gasteiger partial charge in [0.15, 0.2) is 0 Å². The molecule has 1 unspecified atom stereocenters. The fourth-order valence-corrected chi connectivity index (χ4v) is 2.71. The van der Waals surface area contributed by atoms with Gasteiger partial charge in [0.25, 0.3) is 5.91 Å². The second kappa shape index (κ2) is 7.57. The summed E-state index contributed by atoms with van der Waals surface area (Å²) in [5.74, 6) is 0.753. The summed E-state index contributed by atoms with van der Waals surface area (Å²) in [5, 5.41) is 0. The van der Waals surface area contributed by atoms with Crippen LogP contribution in [0.25, 0.3) is 0 Å². The number of rotatable bonds is 8. The molecular weight excluding hydrogens is 264 g/mol. The van der Waals surface area contributed by atoms with E-state index in [-0.39, 0.29) is 11.9 Å². The quantitative estimate of drug-likeness (QED) is 0.797. The maximum Gasteiger partial charge on any atom is 0.254 e. The third-order valence-electron chi connectivity index (χ3n) is 4.20. The third kappa shape index (κ3) is 4.29. The van der Waals surface area contributed by atoms with Crippen molar-refractivity contribution in [1.29, 1.82) is 0 Å². The van der Waals surface area contributed by atoms with Gasteiger partial charge < -0.3 is 15.4 Å². The van der Waals surface area contributed by atoms with E-state index < -0.39 is 0 Å². The monoisotopic (exact) mass is 290 g/mol. The first-order valence-corrected chi connectivity index (χ1v) is 7.76. The van der Waals surface area contributed by atoms with Gasteiger partial charge in [-0.05, 0) is 56.3 Å². The molecule has 0 aliphatic heterocycles. The Kier molecular flexibility index (Phi) is 5.76. The van der Waals surface area contributed by atoms with Crippen molar-refractivity contribution < 1.29 is 9.53 Å². The van der Waals surface area contributed by atoms with Crippen LogP contribution in [0.1, 0.15) is 35.7 Å². The smallest absolute Gasteiger partial charge is 0.254 e. The third-order valence-corrected chi connectivity index (χ3v) is 4.20. The summed E-state index contributed by atoms with van der Waals surface area (Å²) in [6.45, 7) is 3.97. The van der Waals surface area contributed by atoms with Crippen molar-refractivity contribution in [2.24, 2.45) is 11.7 Å². The molecule has 2 rings (SSSR count). The Hall–Kier alpha value is -1.39. The van der Waals surface area contributed by atoms with Gasteiger partial charge in [-0.3, -0.25) is 4.79 Å². The summed E-state index contributed by atoms with van der Waals surface area (Å²) >= 11 is 0. The van der Waals surface area contributed by atoms with E-state index in [1.54, 1.807) is 7.11 Å². The maximum absolute atomic E-state index is 12.8. The van der Waals surface area contributed by atoms with Crippen molar-refractivity contribution in [3.8, 4) is 0 Å². The predicted octanol–water partition coefficient (Wildman–Crippen LogP) is 2.07. The van der Waals surface area contributed by atoms with Gasteiger partial charge in [-0.1, -0.05) is 12.1 Å². The van der Waals surface area contributed by atoms with Crippen molar-refractivity contribution in [3.05, 3.63) is 35.4 Å². The summed E-state index contributed by atoms with van der Waals surface area (Å²) in [6, 6.07) is 8.10. The lowest BCUT2D eigenvalue weighted by atomic mass is 10.1. The number of hydrogen-bond acceptors (Lipinski definition) is 3. The molecule has 0 aromatic heterocycles. The number of benzene rings is 1. The minimum absolute atomic E-state index is 0.102. The van der Waals surface area contributed by atoms with Crippen molar-refractivity contribution in [3.63, 3.8) is 0 Å². The van der Waals surface area contributed by atoms with Gasteiger partial charge >= 0.3 is 0 Å². The molecule has 1 amide bonds. The molecule has 0 spiro atoms. The Morgan fingerprint density at radius 1 is 1.48 bits per heavy atom. The van der Waals surface area contributed by atoms with E-state index in [1.165, 1.54) is 12.8 Å². The molecule has 2 N–H and O–H groups in total. The molecule has 1 aromatic rings. The van der Waals surface area contributed by atoms with Gasteiger partial charge in [-0.2, -0.15) is 0 Å². The van der Waals surface area contributed by atoms with E-state index in [4.69, 9.17) is 10.5 Å². The molecule has 0 heterocycles. The number of ether oxygens (including phenoxy) is 1. The minimum atomic E-state index is 0.102. The van der Waals surface area contributed by atoms with E-state index in [0.29, 0.717) is 25.6 Å². The first-order valence-electron chi connectivity index (χ1n) is 7.76. The van der Waals surface area contributed by atoms with Gasteiger partial charge in [-0.25, -0.2) is 0 Å². The molecule has 0 bridgehead atoms. The summed E-state index contributed by atoms with van der Waals surface area (Å²) in [6.07, 6.45) is 3.26. The van der Waals surface area contributed by atoms with Crippen LogP contribution in [-0.4, -0.2) is 43.7 Å². The Morgan fingerprint density at radius 3 is 2.86 bits per heavy atom. The first-order chi connectivity index (χ1) is 10.2. The first kappa shape index (κ1) is 16.0. The van der Waals surface area contributed by atoms with Crippen molar-refractivity contribution in [2.45, 2.75) is 32.2 Å². The number of nitrogens with zero attached hydrogens (tertiary/aromatic N) is 1. The second-order valence-corrected chi connectivity index (χ2v) is 5.81. The molecule has 1 saturated carbocycles. The van der Waals surface area contributed by atoms with Crippen LogP contribution < -0.4 is 5.73 Å². The SMILES string of the molecule is COCCN(C(=O)c1cccc(CCN)c1)C(C)C1CC1. The molecule has 1 aromatic carbocycles. The number of amides is 1. The molecule has 21 heavy (non-hydrogen) atoms. The highest BCUT2D eigenvalue weighted by Crippen LogP contribution is 2.35. The maximum atomic E-state index is 12.8. The van der Waals surface area contributed by atoms with Crippen LogP contribution in [0, 0.1) is 5.92 Å². The van der Waals surface area contributed by atoms with E-state index in [9.17, 15) is 4.79 Å². The molecule has 1 aliphatic rings. The Labute approximate surface area is 127 Å². The van der Waals surface area contributed by atoms with Gasteiger partial charge in [0, 0.05) is 25.3 Å². The fraction of sp³-hybridized carbons (Fsp3) is 0.588. The fourth-order valence-electron chi connectivity index (χ4n) is 2.71. The van der Waals surface area contributed by atoms with Crippen LogP contribution >= 0.6 is 0 Å². The van der Waals surface area contributed by atoms with Crippen LogP contribution in [0.5, 0.6) is 0 Å². The average Bonchev–Trinajstić information content (AvgIpc) is 3.32. The predicted molar refractivity (Wildman–Crippen MR) is 84.3 cm³/mol. The van der Waals surface area contributed by atoms with E-state index in [1.807, 2.05) is 29.2 Å². The second-order valence-electron chi connectivity index (χ2n) is 5.81. The van der Waals surface area contributed by atoms with Crippen molar-refractivity contribution >= 4 is 5.91 Å². The zero-order valence-corrected chi connectivity index (χ0v) is 13.0.